The van der Waals surface area contributed by atoms with Crippen molar-refractivity contribution < 1.29 is 28.5 Å². The molecule has 3 aromatic rings. The van der Waals surface area contributed by atoms with Gasteiger partial charge in [0.25, 0.3) is 5.91 Å². The maximum Gasteiger partial charge on any atom is 0.264 e. The number of ether oxygens (including phenoxy) is 3. The van der Waals surface area contributed by atoms with E-state index in [-0.39, 0.29) is 24.1 Å². The smallest absolute Gasteiger partial charge is 0.264 e. The number of phenols is 1. The number of halogens is 1. The van der Waals surface area contributed by atoms with Crippen LogP contribution in [0.15, 0.2) is 70.6 Å². The highest BCUT2D eigenvalue weighted by Crippen LogP contribution is 2.40. The van der Waals surface area contributed by atoms with E-state index in [2.05, 4.69) is 10.3 Å². The molecule has 0 saturated carbocycles. The Labute approximate surface area is 199 Å². The minimum absolute atomic E-state index is 0.139. The fourth-order valence-corrected chi connectivity index (χ4v) is 3.98. The lowest BCUT2D eigenvalue weighted by molar-refractivity contribution is -0.115. The number of thioether (sulfide) groups is 1. The van der Waals surface area contributed by atoms with Crippen LogP contribution in [0.4, 0.5) is 10.1 Å². The SMILES string of the molecule is COc1cc(C=C2SC(=Nc3ccc(O)cc3)NC2=O)cc(OC)c1OCc1ccc(F)cc1. The normalized spacial score (nSPS) is 15.4. The summed E-state index contributed by atoms with van der Waals surface area (Å²) in [6.45, 7) is 0.197. The molecule has 4 rings (SSSR count). The molecule has 1 aliphatic rings. The third kappa shape index (κ3) is 5.49. The maximum atomic E-state index is 13.1. The number of phenolic OH excluding ortho intramolecular Hbond substituents is 1. The summed E-state index contributed by atoms with van der Waals surface area (Å²) in [4.78, 5) is 17.3. The van der Waals surface area contributed by atoms with Crippen molar-refractivity contribution in [3.05, 3.63) is 82.5 Å². The van der Waals surface area contributed by atoms with Crippen molar-refractivity contribution >= 4 is 34.6 Å². The van der Waals surface area contributed by atoms with Gasteiger partial charge in [-0.1, -0.05) is 12.1 Å². The molecule has 174 valence electrons. The summed E-state index contributed by atoms with van der Waals surface area (Å²) < 4.78 is 30.0. The van der Waals surface area contributed by atoms with Crippen LogP contribution in [-0.2, 0) is 11.4 Å². The summed E-state index contributed by atoms with van der Waals surface area (Å²) in [6, 6.07) is 15.8. The number of carbonyl (C=O) groups excluding carboxylic acids is 1. The van der Waals surface area contributed by atoms with E-state index in [0.717, 1.165) is 5.56 Å². The molecule has 2 N–H and O–H groups in total. The Hall–Kier alpha value is -3.98. The van der Waals surface area contributed by atoms with Gasteiger partial charge in [-0.05, 0) is 77.5 Å². The first-order valence-electron chi connectivity index (χ1n) is 10.2. The largest absolute Gasteiger partial charge is 0.508 e. The van der Waals surface area contributed by atoms with Gasteiger partial charge in [-0.25, -0.2) is 9.38 Å². The van der Waals surface area contributed by atoms with E-state index < -0.39 is 0 Å². The van der Waals surface area contributed by atoms with E-state index in [1.165, 1.54) is 50.2 Å². The Morgan fingerprint density at radius 1 is 1.03 bits per heavy atom. The number of amidine groups is 1. The number of aliphatic imine (C=N–C) groups is 1. The van der Waals surface area contributed by atoms with Crippen molar-refractivity contribution in [3.63, 3.8) is 0 Å². The molecule has 1 aliphatic heterocycles. The van der Waals surface area contributed by atoms with Crippen molar-refractivity contribution in [2.45, 2.75) is 6.61 Å². The van der Waals surface area contributed by atoms with Crippen LogP contribution >= 0.6 is 11.8 Å². The van der Waals surface area contributed by atoms with Crippen LogP contribution in [-0.4, -0.2) is 30.4 Å². The summed E-state index contributed by atoms with van der Waals surface area (Å²) >= 11 is 1.20. The Balaban J connectivity index is 1.56. The van der Waals surface area contributed by atoms with E-state index in [4.69, 9.17) is 14.2 Å². The van der Waals surface area contributed by atoms with Gasteiger partial charge in [0.15, 0.2) is 16.7 Å². The van der Waals surface area contributed by atoms with Gasteiger partial charge in [-0.3, -0.25) is 4.79 Å². The first-order chi connectivity index (χ1) is 16.4. The highest BCUT2D eigenvalue weighted by molar-refractivity contribution is 8.18. The highest BCUT2D eigenvalue weighted by Gasteiger charge is 2.24. The number of nitrogens with one attached hydrogen (secondary N) is 1. The molecule has 9 heteroatoms. The molecule has 7 nitrogen and oxygen atoms in total. The van der Waals surface area contributed by atoms with Gasteiger partial charge in [0.1, 0.15) is 18.2 Å². The summed E-state index contributed by atoms with van der Waals surface area (Å²) in [5, 5.41) is 12.6. The lowest BCUT2D eigenvalue weighted by Gasteiger charge is -2.15. The summed E-state index contributed by atoms with van der Waals surface area (Å²) in [5.41, 5.74) is 2.07. The number of nitrogens with zero attached hydrogens (tertiary/aromatic N) is 1. The number of carbonyl (C=O) groups is 1. The van der Waals surface area contributed by atoms with E-state index in [0.29, 0.717) is 38.6 Å². The zero-order valence-electron chi connectivity index (χ0n) is 18.4. The fourth-order valence-electron chi connectivity index (χ4n) is 3.14. The van der Waals surface area contributed by atoms with Crippen LogP contribution < -0.4 is 19.5 Å². The Morgan fingerprint density at radius 3 is 2.29 bits per heavy atom. The van der Waals surface area contributed by atoms with Gasteiger partial charge < -0.3 is 24.6 Å². The number of hydrogen-bond acceptors (Lipinski definition) is 7. The molecule has 0 aliphatic carbocycles. The average molecular weight is 481 g/mol. The predicted molar refractivity (Wildman–Crippen MR) is 129 cm³/mol. The molecule has 34 heavy (non-hydrogen) atoms. The van der Waals surface area contributed by atoms with Gasteiger partial charge >= 0.3 is 0 Å². The number of methoxy groups -OCH3 is 2. The first-order valence-corrected chi connectivity index (χ1v) is 11.0. The molecule has 0 radical (unpaired) electrons. The fraction of sp³-hybridized carbons (Fsp3) is 0.120. The molecule has 1 saturated heterocycles. The van der Waals surface area contributed by atoms with Gasteiger partial charge in [0.2, 0.25) is 5.75 Å². The van der Waals surface area contributed by atoms with Crippen LogP contribution in [0.25, 0.3) is 6.08 Å². The van der Waals surface area contributed by atoms with Gasteiger partial charge in [-0.2, -0.15) is 0 Å². The van der Waals surface area contributed by atoms with Crippen molar-refractivity contribution in [1.82, 2.24) is 5.32 Å². The van der Waals surface area contributed by atoms with Crippen molar-refractivity contribution in [2.75, 3.05) is 14.2 Å². The summed E-state index contributed by atoms with van der Waals surface area (Å²) in [6.07, 6.45) is 1.70. The van der Waals surface area contributed by atoms with E-state index in [1.807, 2.05) is 0 Å². The van der Waals surface area contributed by atoms with Crippen LogP contribution in [0.1, 0.15) is 11.1 Å². The average Bonchev–Trinajstić information content (AvgIpc) is 3.18. The topological polar surface area (TPSA) is 89.4 Å². The number of hydrogen-bond donors (Lipinski definition) is 2. The number of benzene rings is 3. The van der Waals surface area contributed by atoms with Crippen LogP contribution in [0.5, 0.6) is 23.0 Å². The third-order valence-corrected chi connectivity index (χ3v) is 5.72. The molecular formula is C25H21FN2O5S. The van der Waals surface area contributed by atoms with E-state index in [9.17, 15) is 14.3 Å². The van der Waals surface area contributed by atoms with Crippen LogP contribution in [0.3, 0.4) is 0 Å². The van der Waals surface area contributed by atoms with Gasteiger partial charge in [-0.15, -0.1) is 0 Å². The van der Waals surface area contributed by atoms with Gasteiger partial charge in [0.05, 0.1) is 24.8 Å². The second-order valence-electron chi connectivity index (χ2n) is 7.17. The second kappa shape index (κ2) is 10.3. The highest BCUT2D eigenvalue weighted by atomic mass is 32.2. The Morgan fingerprint density at radius 2 is 1.68 bits per heavy atom. The maximum absolute atomic E-state index is 13.1. The third-order valence-electron chi connectivity index (χ3n) is 4.81. The van der Waals surface area contributed by atoms with Gasteiger partial charge in [0, 0.05) is 0 Å². The van der Waals surface area contributed by atoms with E-state index in [1.54, 1.807) is 42.5 Å². The quantitative estimate of drug-likeness (QED) is 0.462. The molecule has 0 spiro atoms. The minimum Gasteiger partial charge on any atom is -0.508 e. The molecule has 1 fully saturated rings. The molecular weight excluding hydrogens is 459 g/mol. The Bertz CT molecular complexity index is 1230. The monoisotopic (exact) mass is 480 g/mol. The van der Waals surface area contributed by atoms with Crippen LogP contribution in [0.2, 0.25) is 0 Å². The lowest BCUT2D eigenvalue weighted by atomic mass is 10.1. The predicted octanol–water partition coefficient (Wildman–Crippen LogP) is 5.02. The van der Waals surface area contributed by atoms with Crippen molar-refractivity contribution in [1.29, 1.82) is 0 Å². The van der Waals surface area contributed by atoms with Crippen LogP contribution in [0, 0.1) is 5.82 Å². The number of aromatic hydroxyl groups is 1. The zero-order chi connectivity index (χ0) is 24.1. The minimum atomic E-state index is -0.318. The molecule has 1 heterocycles. The van der Waals surface area contributed by atoms with E-state index >= 15 is 0 Å². The molecule has 3 aromatic carbocycles. The Kier molecular flexibility index (Phi) is 7.03. The summed E-state index contributed by atoms with van der Waals surface area (Å²) in [5.74, 6) is 0.790. The zero-order valence-corrected chi connectivity index (χ0v) is 19.2. The molecule has 0 bridgehead atoms. The summed E-state index contributed by atoms with van der Waals surface area (Å²) in [7, 11) is 3.02. The molecule has 0 aromatic heterocycles. The molecule has 1 amide bonds. The number of rotatable bonds is 7. The van der Waals surface area contributed by atoms with Crippen molar-refractivity contribution in [3.8, 4) is 23.0 Å². The molecule has 0 unspecified atom stereocenters. The van der Waals surface area contributed by atoms with Crippen molar-refractivity contribution in [2.24, 2.45) is 4.99 Å². The lowest BCUT2D eigenvalue weighted by Crippen LogP contribution is -2.19. The number of amides is 1. The standard InChI is InChI=1S/C25H21FN2O5S/c1-31-20-11-16(12-21(32-2)23(20)33-14-15-3-5-17(26)6-4-15)13-22-24(30)28-25(34-22)27-18-7-9-19(29)10-8-18/h3-13,29H,14H2,1-2H3,(H,27,28,30). The second-order valence-corrected chi connectivity index (χ2v) is 8.20. The first kappa shape index (κ1) is 23.2. The molecule has 0 atom stereocenters.